The Morgan fingerprint density at radius 1 is 1.22 bits per heavy atom. The highest BCUT2D eigenvalue weighted by Gasteiger charge is 2.13. The number of hydrogen-bond donors (Lipinski definition) is 3. The first kappa shape index (κ1) is 15.6. The van der Waals surface area contributed by atoms with Gasteiger partial charge in [0.15, 0.2) is 0 Å². The Hall–Kier alpha value is -2.33. The van der Waals surface area contributed by atoms with E-state index >= 15 is 0 Å². The van der Waals surface area contributed by atoms with Crippen molar-refractivity contribution in [2.75, 3.05) is 6.54 Å². The van der Waals surface area contributed by atoms with E-state index < -0.39 is 6.10 Å². The van der Waals surface area contributed by atoms with Crippen LogP contribution in [0.2, 0.25) is 0 Å². The maximum absolute atomic E-state index is 11.9. The summed E-state index contributed by atoms with van der Waals surface area (Å²) in [6, 6.07) is 13.7. The molecule has 2 unspecified atom stereocenters. The van der Waals surface area contributed by atoms with E-state index in [1.165, 1.54) is 0 Å². The Labute approximate surface area is 136 Å². The molecule has 0 heterocycles. The first-order chi connectivity index (χ1) is 11.2. The molecule has 0 radical (unpaired) electrons. The third-order valence-electron chi connectivity index (χ3n) is 4.19. The topological polar surface area (TPSA) is 61.4 Å². The van der Waals surface area contributed by atoms with Crippen molar-refractivity contribution in [1.29, 1.82) is 0 Å². The summed E-state index contributed by atoms with van der Waals surface area (Å²) in [4.78, 5) is 11.9. The summed E-state index contributed by atoms with van der Waals surface area (Å²) in [5.74, 6) is 0. The second-order valence-electron chi connectivity index (χ2n) is 5.94. The summed E-state index contributed by atoms with van der Waals surface area (Å²) >= 11 is 0. The maximum Gasteiger partial charge on any atom is 0.315 e. The Morgan fingerprint density at radius 2 is 2.04 bits per heavy atom. The Morgan fingerprint density at radius 3 is 2.83 bits per heavy atom. The zero-order valence-corrected chi connectivity index (χ0v) is 13.0. The average molecular weight is 310 g/mol. The lowest BCUT2D eigenvalue weighted by molar-refractivity contribution is 0.173. The lowest BCUT2D eigenvalue weighted by atomic mass is 10.0. The molecule has 1 aliphatic rings. The van der Waals surface area contributed by atoms with E-state index in [4.69, 9.17) is 0 Å². The Balaban J connectivity index is 1.55. The van der Waals surface area contributed by atoms with Crippen molar-refractivity contribution >= 4 is 16.8 Å². The summed E-state index contributed by atoms with van der Waals surface area (Å²) in [6.07, 6.45) is 6.56. The minimum absolute atomic E-state index is 0.0987. The molecule has 0 fully saturated rings. The number of allylic oxidation sites excluding steroid dienone is 1. The number of hydrogen-bond acceptors (Lipinski definition) is 2. The van der Waals surface area contributed by atoms with Crippen LogP contribution in [0.25, 0.3) is 10.8 Å². The number of aliphatic hydroxyl groups is 1. The maximum atomic E-state index is 11.9. The third-order valence-corrected chi connectivity index (χ3v) is 4.19. The van der Waals surface area contributed by atoms with Gasteiger partial charge < -0.3 is 15.7 Å². The molecule has 0 aromatic heterocycles. The van der Waals surface area contributed by atoms with E-state index in [9.17, 15) is 9.90 Å². The number of carbonyl (C=O) groups excluding carboxylic acids is 1. The first-order valence-corrected chi connectivity index (χ1v) is 8.10. The number of aliphatic hydroxyl groups excluding tert-OH is 1. The molecule has 2 amide bonds. The molecule has 120 valence electrons. The van der Waals surface area contributed by atoms with Crippen LogP contribution in [0.15, 0.2) is 54.6 Å². The average Bonchev–Trinajstić information content (AvgIpc) is 2.60. The van der Waals surface area contributed by atoms with Crippen LogP contribution in [0.5, 0.6) is 0 Å². The normalized spacial score (nSPS) is 18.6. The minimum Gasteiger partial charge on any atom is -0.387 e. The zero-order chi connectivity index (χ0) is 16.1. The SMILES string of the molecule is O=C(NCC(O)c1ccc2ccccc2c1)NC1C=CCCC1. The number of nitrogens with one attached hydrogen (secondary N) is 2. The summed E-state index contributed by atoms with van der Waals surface area (Å²) in [6.45, 7) is 0.195. The lowest BCUT2D eigenvalue weighted by Gasteiger charge is -2.19. The van der Waals surface area contributed by atoms with Gasteiger partial charge in [0.1, 0.15) is 0 Å². The van der Waals surface area contributed by atoms with E-state index in [1.54, 1.807) is 0 Å². The van der Waals surface area contributed by atoms with Crippen LogP contribution in [0.1, 0.15) is 30.9 Å². The van der Waals surface area contributed by atoms with Gasteiger partial charge in [-0.15, -0.1) is 0 Å². The first-order valence-electron chi connectivity index (χ1n) is 8.10. The number of carbonyl (C=O) groups is 1. The number of amides is 2. The number of urea groups is 1. The Bertz CT molecular complexity index is 711. The summed E-state index contributed by atoms with van der Waals surface area (Å²) < 4.78 is 0. The molecule has 0 spiro atoms. The molecule has 0 bridgehead atoms. The smallest absolute Gasteiger partial charge is 0.315 e. The van der Waals surface area contributed by atoms with Crippen LogP contribution in [0.3, 0.4) is 0 Å². The lowest BCUT2D eigenvalue weighted by Crippen LogP contribution is -2.43. The van der Waals surface area contributed by atoms with Crippen molar-refractivity contribution in [3.05, 3.63) is 60.2 Å². The summed E-state index contributed by atoms with van der Waals surface area (Å²) in [5.41, 5.74) is 0.807. The zero-order valence-electron chi connectivity index (χ0n) is 13.0. The van der Waals surface area contributed by atoms with Crippen LogP contribution in [0, 0.1) is 0 Å². The molecule has 0 saturated heterocycles. The fourth-order valence-electron chi connectivity index (χ4n) is 2.87. The van der Waals surface area contributed by atoms with Gasteiger partial charge in [-0.1, -0.05) is 48.6 Å². The standard InChI is InChI=1S/C19H22N2O2/c22-18(13-20-19(23)21-17-8-2-1-3-9-17)16-11-10-14-6-4-5-7-15(14)12-16/h2,4-8,10-12,17-18,22H,1,3,9,13H2,(H2,20,21,23). The van der Waals surface area contributed by atoms with Crippen molar-refractivity contribution in [3.63, 3.8) is 0 Å². The second-order valence-corrected chi connectivity index (χ2v) is 5.94. The fraction of sp³-hybridized carbons (Fsp3) is 0.316. The van der Waals surface area contributed by atoms with Gasteiger partial charge in [-0.25, -0.2) is 4.79 Å². The van der Waals surface area contributed by atoms with Crippen LogP contribution in [0.4, 0.5) is 4.79 Å². The highest BCUT2D eigenvalue weighted by atomic mass is 16.3. The molecule has 3 rings (SSSR count). The molecule has 3 N–H and O–H groups in total. The number of fused-ring (bicyclic) bond motifs is 1. The van der Waals surface area contributed by atoms with E-state index in [2.05, 4.69) is 16.7 Å². The molecule has 2 aromatic carbocycles. The van der Waals surface area contributed by atoms with Crippen LogP contribution >= 0.6 is 0 Å². The van der Waals surface area contributed by atoms with Crippen LogP contribution < -0.4 is 10.6 Å². The minimum atomic E-state index is -0.716. The van der Waals surface area contributed by atoms with Gasteiger partial charge in [-0.05, 0) is 41.7 Å². The summed E-state index contributed by atoms with van der Waals surface area (Å²) in [7, 11) is 0. The van der Waals surface area contributed by atoms with Crippen LogP contribution in [-0.4, -0.2) is 23.7 Å². The van der Waals surface area contributed by atoms with Crippen LogP contribution in [-0.2, 0) is 0 Å². The molecule has 23 heavy (non-hydrogen) atoms. The van der Waals surface area contributed by atoms with E-state index in [1.807, 2.05) is 48.5 Å². The van der Waals surface area contributed by atoms with Crippen molar-refractivity contribution in [2.45, 2.75) is 31.4 Å². The monoisotopic (exact) mass is 310 g/mol. The van der Waals surface area contributed by atoms with E-state index in [0.29, 0.717) is 0 Å². The molecular formula is C19H22N2O2. The number of benzene rings is 2. The van der Waals surface area contributed by atoms with E-state index in [0.717, 1.165) is 35.6 Å². The van der Waals surface area contributed by atoms with Crippen molar-refractivity contribution < 1.29 is 9.90 Å². The molecular weight excluding hydrogens is 288 g/mol. The van der Waals surface area contributed by atoms with Gasteiger partial charge in [-0.2, -0.15) is 0 Å². The Kier molecular flexibility index (Phi) is 4.93. The predicted molar refractivity (Wildman–Crippen MR) is 92.2 cm³/mol. The van der Waals surface area contributed by atoms with Crippen molar-refractivity contribution in [3.8, 4) is 0 Å². The summed E-state index contributed by atoms with van der Waals surface area (Å²) in [5, 5.41) is 18.1. The van der Waals surface area contributed by atoms with Gasteiger partial charge in [0.25, 0.3) is 0 Å². The highest BCUT2D eigenvalue weighted by Crippen LogP contribution is 2.20. The van der Waals surface area contributed by atoms with Gasteiger partial charge in [0.2, 0.25) is 0 Å². The molecule has 4 nitrogen and oxygen atoms in total. The molecule has 0 saturated carbocycles. The highest BCUT2D eigenvalue weighted by molar-refractivity contribution is 5.83. The molecule has 2 atom stereocenters. The van der Waals surface area contributed by atoms with Gasteiger partial charge in [0, 0.05) is 12.6 Å². The quantitative estimate of drug-likeness (QED) is 0.759. The molecule has 1 aliphatic carbocycles. The van der Waals surface area contributed by atoms with E-state index in [-0.39, 0.29) is 18.6 Å². The third kappa shape index (κ3) is 4.11. The van der Waals surface area contributed by atoms with Gasteiger partial charge >= 0.3 is 6.03 Å². The molecule has 4 heteroatoms. The van der Waals surface area contributed by atoms with Gasteiger partial charge in [0.05, 0.1) is 6.10 Å². The van der Waals surface area contributed by atoms with Crippen molar-refractivity contribution in [1.82, 2.24) is 10.6 Å². The fourth-order valence-corrected chi connectivity index (χ4v) is 2.87. The van der Waals surface area contributed by atoms with Gasteiger partial charge in [-0.3, -0.25) is 0 Å². The predicted octanol–water partition coefficient (Wildman–Crippen LogP) is 3.28. The second kappa shape index (κ2) is 7.29. The molecule has 0 aliphatic heterocycles. The largest absolute Gasteiger partial charge is 0.387 e. The number of rotatable bonds is 4. The molecule has 2 aromatic rings. The van der Waals surface area contributed by atoms with Crippen molar-refractivity contribution in [2.24, 2.45) is 0 Å².